The normalized spacial score (nSPS) is 11.0. The molecule has 3 aromatic heterocycles. The summed E-state index contributed by atoms with van der Waals surface area (Å²) in [5, 5.41) is 37.9. The van der Waals surface area contributed by atoms with Crippen molar-refractivity contribution in [2.75, 3.05) is 0 Å². The second-order valence-electron chi connectivity index (χ2n) is 10.2. The summed E-state index contributed by atoms with van der Waals surface area (Å²) in [4.78, 5) is 0. The fraction of sp³-hybridized carbons (Fsp3) is 0.111. The highest BCUT2D eigenvalue weighted by Gasteiger charge is 2.16. The van der Waals surface area contributed by atoms with Crippen molar-refractivity contribution in [2.45, 2.75) is 20.4 Å². The molecule has 7 heteroatoms. The summed E-state index contributed by atoms with van der Waals surface area (Å²) in [6.45, 7) is 5.21. The highest BCUT2D eigenvalue weighted by atomic mass is 16.3. The summed E-state index contributed by atoms with van der Waals surface area (Å²) in [5.74, 6) is 3.08. The molecule has 0 fully saturated rings. The van der Waals surface area contributed by atoms with Crippen LogP contribution < -0.4 is 0 Å². The van der Waals surface area contributed by atoms with Gasteiger partial charge in [0, 0.05) is 39.5 Å². The molecule has 0 aliphatic carbocycles. The zero-order valence-electron chi connectivity index (χ0n) is 23.6. The lowest BCUT2D eigenvalue weighted by Gasteiger charge is -2.11. The van der Waals surface area contributed by atoms with E-state index in [0.717, 1.165) is 51.0 Å². The van der Waals surface area contributed by atoms with Crippen molar-refractivity contribution >= 4 is 34.0 Å². The molecule has 0 N–H and O–H groups in total. The summed E-state index contributed by atoms with van der Waals surface area (Å²) >= 11 is 0. The molecule has 3 heterocycles. The van der Waals surface area contributed by atoms with Gasteiger partial charge in [-0.15, -0.1) is 0 Å². The number of furan rings is 2. The summed E-state index contributed by atoms with van der Waals surface area (Å²) in [7, 11) is 0. The van der Waals surface area contributed by atoms with Crippen LogP contribution in [-0.2, 0) is 6.54 Å². The van der Waals surface area contributed by atoms with Gasteiger partial charge in [0.1, 0.15) is 58.5 Å². The number of hydrogen-bond acceptors (Lipinski definition) is 6. The molecule has 0 saturated heterocycles. The van der Waals surface area contributed by atoms with Crippen LogP contribution in [0.15, 0.2) is 105 Å². The van der Waals surface area contributed by atoms with Crippen LogP contribution in [0.5, 0.6) is 0 Å². The predicted molar refractivity (Wildman–Crippen MR) is 166 cm³/mol. The van der Waals surface area contributed by atoms with Crippen molar-refractivity contribution in [1.29, 1.82) is 21.0 Å². The van der Waals surface area contributed by atoms with Crippen LogP contribution in [-0.4, -0.2) is 4.57 Å². The Kier molecular flexibility index (Phi) is 8.21. The monoisotopic (exact) mass is 559 g/mol. The van der Waals surface area contributed by atoms with Crippen LogP contribution in [0.2, 0.25) is 0 Å². The lowest BCUT2D eigenvalue weighted by molar-refractivity contribution is 0.545. The van der Waals surface area contributed by atoms with Crippen molar-refractivity contribution < 1.29 is 8.83 Å². The van der Waals surface area contributed by atoms with Crippen molar-refractivity contribution in [2.24, 2.45) is 5.92 Å². The fourth-order valence-corrected chi connectivity index (χ4v) is 4.84. The predicted octanol–water partition coefficient (Wildman–Crippen LogP) is 8.94. The minimum Gasteiger partial charge on any atom is -0.457 e. The Balaban J connectivity index is 1.51. The number of nitriles is 4. The molecule has 0 amide bonds. The van der Waals surface area contributed by atoms with E-state index < -0.39 is 0 Å². The standard InChI is InChI=1S/C36H25N5O2/c1-24(2)23-41-33-17-27(35-15-11-29(42-35)7-3-5-25(19-37)20-38)9-13-31(33)32-14-10-28(18-34(32)41)36-16-12-30(43-36)8-4-6-26(21-39)22-40/h3-18,24H,23H2,1-2H3/b7-3+,8-4+. The number of fused-ring (bicyclic) bond motifs is 3. The van der Waals surface area contributed by atoms with Gasteiger partial charge < -0.3 is 13.4 Å². The van der Waals surface area contributed by atoms with Gasteiger partial charge in [0.2, 0.25) is 0 Å². The van der Waals surface area contributed by atoms with Crippen LogP contribution in [0.4, 0.5) is 0 Å². The maximum absolute atomic E-state index is 8.90. The van der Waals surface area contributed by atoms with Gasteiger partial charge in [0.25, 0.3) is 0 Å². The summed E-state index contributed by atoms with van der Waals surface area (Å²) in [6.07, 6.45) is 9.59. The Bertz CT molecular complexity index is 1950. The second-order valence-corrected chi connectivity index (χ2v) is 10.2. The van der Waals surface area contributed by atoms with E-state index in [2.05, 4.69) is 54.8 Å². The molecule has 0 saturated carbocycles. The molecule has 5 rings (SSSR count). The first-order valence-corrected chi connectivity index (χ1v) is 13.6. The molecule has 5 aromatic rings. The van der Waals surface area contributed by atoms with E-state index >= 15 is 0 Å². The third-order valence-corrected chi connectivity index (χ3v) is 6.77. The number of aromatic nitrogens is 1. The fourth-order valence-electron chi connectivity index (χ4n) is 4.84. The first kappa shape index (κ1) is 28.3. The second kappa shape index (κ2) is 12.5. The first-order valence-electron chi connectivity index (χ1n) is 13.6. The lowest BCUT2D eigenvalue weighted by atomic mass is 10.1. The molecule has 0 spiro atoms. The topological polar surface area (TPSA) is 126 Å². The smallest absolute Gasteiger partial charge is 0.134 e. The van der Waals surface area contributed by atoms with Gasteiger partial charge in [-0.2, -0.15) is 21.0 Å². The molecule has 0 aliphatic heterocycles. The van der Waals surface area contributed by atoms with Gasteiger partial charge in [-0.3, -0.25) is 0 Å². The summed E-state index contributed by atoms with van der Waals surface area (Å²) < 4.78 is 14.4. The van der Waals surface area contributed by atoms with E-state index in [-0.39, 0.29) is 11.1 Å². The van der Waals surface area contributed by atoms with E-state index in [4.69, 9.17) is 29.9 Å². The van der Waals surface area contributed by atoms with Crippen molar-refractivity contribution in [1.82, 2.24) is 4.57 Å². The number of allylic oxidation sites excluding steroid dienone is 6. The molecule has 7 nitrogen and oxygen atoms in total. The maximum atomic E-state index is 8.90. The highest BCUT2D eigenvalue weighted by molar-refractivity contribution is 6.09. The molecule has 206 valence electrons. The Morgan fingerprint density at radius 2 is 1.12 bits per heavy atom. The minimum absolute atomic E-state index is 0.0264. The molecule has 0 bridgehead atoms. The SMILES string of the molecule is CC(C)Cn1c2cc(-c3ccc(/C=C/C=C(C#N)C#N)o3)ccc2c2ccc(-c3ccc(/C=C/C=C(C#N)C#N)o3)cc21. The third-order valence-electron chi connectivity index (χ3n) is 6.77. The van der Waals surface area contributed by atoms with Gasteiger partial charge in [-0.1, -0.05) is 50.3 Å². The molecule has 0 aliphatic rings. The molecule has 43 heavy (non-hydrogen) atoms. The Morgan fingerprint density at radius 1 is 0.674 bits per heavy atom. The quantitative estimate of drug-likeness (QED) is 0.138. The van der Waals surface area contributed by atoms with Crippen LogP contribution in [0.1, 0.15) is 25.4 Å². The molecular weight excluding hydrogens is 534 g/mol. The largest absolute Gasteiger partial charge is 0.457 e. The Hall–Kier alpha value is -6.28. The molecule has 0 atom stereocenters. The zero-order chi connectivity index (χ0) is 30.3. The van der Waals surface area contributed by atoms with E-state index in [1.54, 1.807) is 24.3 Å². The maximum Gasteiger partial charge on any atom is 0.134 e. The van der Waals surface area contributed by atoms with Gasteiger partial charge in [0.05, 0.1) is 0 Å². The van der Waals surface area contributed by atoms with Crippen molar-refractivity contribution in [3.8, 4) is 46.9 Å². The zero-order valence-corrected chi connectivity index (χ0v) is 23.6. The highest BCUT2D eigenvalue weighted by Crippen LogP contribution is 2.36. The molecule has 2 aromatic carbocycles. The van der Waals surface area contributed by atoms with E-state index in [9.17, 15) is 0 Å². The van der Waals surface area contributed by atoms with Gasteiger partial charge >= 0.3 is 0 Å². The van der Waals surface area contributed by atoms with Gasteiger partial charge in [-0.25, -0.2) is 0 Å². The average molecular weight is 560 g/mol. The van der Waals surface area contributed by atoms with Gasteiger partial charge in [0.15, 0.2) is 0 Å². The Morgan fingerprint density at radius 3 is 1.51 bits per heavy atom. The van der Waals surface area contributed by atoms with Crippen molar-refractivity contribution in [3.05, 3.63) is 108 Å². The molecule has 0 radical (unpaired) electrons. The lowest BCUT2D eigenvalue weighted by Crippen LogP contribution is -2.04. The first-order chi connectivity index (χ1) is 20.9. The Labute approximate surface area is 249 Å². The number of benzene rings is 2. The van der Waals surface area contributed by atoms with E-state index in [1.807, 2.05) is 48.5 Å². The van der Waals surface area contributed by atoms with Crippen molar-refractivity contribution in [3.63, 3.8) is 0 Å². The van der Waals surface area contributed by atoms with Crippen LogP contribution >= 0.6 is 0 Å². The molecular formula is C36H25N5O2. The van der Waals surface area contributed by atoms with Crippen LogP contribution in [0.25, 0.3) is 56.6 Å². The summed E-state index contributed by atoms with van der Waals surface area (Å²) in [6, 6.07) is 27.5. The van der Waals surface area contributed by atoms with Gasteiger partial charge in [-0.05, 0) is 66.6 Å². The third kappa shape index (κ3) is 6.08. The minimum atomic E-state index is 0.0264. The van der Waals surface area contributed by atoms with E-state index in [1.165, 1.54) is 12.2 Å². The average Bonchev–Trinajstić information content (AvgIpc) is 3.76. The van der Waals surface area contributed by atoms with Crippen LogP contribution in [0, 0.1) is 51.2 Å². The van der Waals surface area contributed by atoms with Crippen LogP contribution in [0.3, 0.4) is 0 Å². The number of hydrogen-bond donors (Lipinski definition) is 0. The molecule has 0 unspecified atom stereocenters. The number of rotatable bonds is 8. The van der Waals surface area contributed by atoms with E-state index in [0.29, 0.717) is 17.4 Å². The summed E-state index contributed by atoms with van der Waals surface area (Å²) in [5.41, 5.74) is 4.14. The number of nitrogens with zero attached hydrogens (tertiary/aromatic N) is 5.